The van der Waals surface area contributed by atoms with Gasteiger partial charge in [0.1, 0.15) is 0 Å². The van der Waals surface area contributed by atoms with Crippen LogP contribution in [0.15, 0.2) is 0 Å². The van der Waals surface area contributed by atoms with Crippen LogP contribution in [0.3, 0.4) is 0 Å². The Morgan fingerprint density at radius 2 is 1.80 bits per heavy atom. The van der Waals surface area contributed by atoms with Crippen LogP contribution in [0.25, 0.3) is 0 Å². The fourth-order valence-electron chi connectivity index (χ4n) is 2.55. The summed E-state index contributed by atoms with van der Waals surface area (Å²) in [4.78, 5) is 24.4. The van der Waals surface area contributed by atoms with E-state index in [2.05, 4.69) is 0 Å². The molecule has 1 N–H and O–H groups in total. The van der Waals surface area contributed by atoms with Crippen LogP contribution in [0.4, 0.5) is 0 Å². The van der Waals surface area contributed by atoms with Crippen molar-refractivity contribution in [2.75, 3.05) is 13.1 Å². The SMILES string of the molecule is CC1(C(=O)N2CC(C(=O)O)C2)CCCC1. The largest absolute Gasteiger partial charge is 0.481 e. The molecule has 2 rings (SSSR count). The molecule has 84 valence electrons. The Hall–Kier alpha value is -1.06. The Balaban J connectivity index is 1.91. The van der Waals surface area contributed by atoms with E-state index >= 15 is 0 Å². The first-order valence-corrected chi connectivity index (χ1v) is 5.55. The minimum Gasteiger partial charge on any atom is -0.481 e. The molecule has 0 aromatic carbocycles. The van der Waals surface area contributed by atoms with E-state index in [-0.39, 0.29) is 17.2 Å². The summed E-state index contributed by atoms with van der Waals surface area (Å²) >= 11 is 0. The van der Waals surface area contributed by atoms with Gasteiger partial charge in [-0.3, -0.25) is 9.59 Å². The molecule has 2 aliphatic rings. The molecular weight excluding hydrogens is 194 g/mol. The van der Waals surface area contributed by atoms with E-state index < -0.39 is 5.97 Å². The average Bonchev–Trinajstić information content (AvgIpc) is 2.49. The summed E-state index contributed by atoms with van der Waals surface area (Å²) in [6.45, 7) is 2.82. The molecule has 0 aromatic rings. The van der Waals surface area contributed by atoms with E-state index in [0.29, 0.717) is 13.1 Å². The second kappa shape index (κ2) is 3.51. The molecule has 1 saturated carbocycles. The molecule has 1 saturated heterocycles. The molecule has 0 radical (unpaired) electrons. The van der Waals surface area contributed by atoms with Crippen molar-refractivity contribution in [1.82, 2.24) is 4.90 Å². The molecule has 0 bridgehead atoms. The molecule has 4 nitrogen and oxygen atoms in total. The Morgan fingerprint density at radius 1 is 1.27 bits per heavy atom. The number of hydrogen-bond acceptors (Lipinski definition) is 2. The van der Waals surface area contributed by atoms with E-state index in [0.717, 1.165) is 25.7 Å². The van der Waals surface area contributed by atoms with E-state index in [1.807, 2.05) is 6.92 Å². The zero-order valence-corrected chi connectivity index (χ0v) is 9.03. The highest BCUT2D eigenvalue weighted by atomic mass is 16.4. The van der Waals surface area contributed by atoms with Gasteiger partial charge >= 0.3 is 5.97 Å². The van der Waals surface area contributed by atoms with Crippen molar-refractivity contribution in [2.45, 2.75) is 32.6 Å². The molecule has 4 heteroatoms. The van der Waals surface area contributed by atoms with Gasteiger partial charge in [-0.2, -0.15) is 0 Å². The number of hydrogen-bond donors (Lipinski definition) is 1. The lowest BCUT2D eigenvalue weighted by Gasteiger charge is -2.41. The number of carboxylic acid groups (broad SMARTS) is 1. The minimum atomic E-state index is -0.782. The second-order valence-corrected chi connectivity index (χ2v) is 5.01. The molecule has 1 aliphatic heterocycles. The van der Waals surface area contributed by atoms with Crippen molar-refractivity contribution in [3.8, 4) is 0 Å². The Kier molecular flexibility index (Phi) is 2.44. The first-order chi connectivity index (χ1) is 7.03. The van der Waals surface area contributed by atoms with Crippen LogP contribution >= 0.6 is 0 Å². The monoisotopic (exact) mass is 211 g/mol. The quantitative estimate of drug-likeness (QED) is 0.744. The van der Waals surface area contributed by atoms with Crippen LogP contribution in [-0.4, -0.2) is 35.0 Å². The lowest BCUT2D eigenvalue weighted by atomic mass is 9.85. The molecule has 15 heavy (non-hydrogen) atoms. The summed E-state index contributed by atoms with van der Waals surface area (Å²) in [5.41, 5.74) is -0.205. The van der Waals surface area contributed by atoms with Crippen molar-refractivity contribution in [1.29, 1.82) is 0 Å². The van der Waals surface area contributed by atoms with E-state index in [1.165, 1.54) is 0 Å². The molecule has 2 fully saturated rings. The van der Waals surface area contributed by atoms with Crippen molar-refractivity contribution in [3.05, 3.63) is 0 Å². The highest BCUT2D eigenvalue weighted by Crippen LogP contribution is 2.40. The summed E-state index contributed by atoms with van der Waals surface area (Å²) in [5, 5.41) is 8.72. The number of carbonyl (C=O) groups excluding carboxylic acids is 1. The second-order valence-electron chi connectivity index (χ2n) is 5.01. The van der Waals surface area contributed by atoms with Gasteiger partial charge in [-0.05, 0) is 12.8 Å². The highest BCUT2D eigenvalue weighted by molar-refractivity contribution is 5.85. The third-order valence-corrected chi connectivity index (χ3v) is 3.74. The average molecular weight is 211 g/mol. The van der Waals surface area contributed by atoms with Gasteiger partial charge in [-0.15, -0.1) is 0 Å². The predicted octanol–water partition coefficient (Wildman–Crippen LogP) is 1.11. The van der Waals surface area contributed by atoms with Gasteiger partial charge in [0.2, 0.25) is 5.91 Å². The van der Waals surface area contributed by atoms with Gasteiger partial charge in [0, 0.05) is 18.5 Å². The van der Waals surface area contributed by atoms with Gasteiger partial charge in [0.15, 0.2) is 0 Å². The fourth-order valence-corrected chi connectivity index (χ4v) is 2.55. The van der Waals surface area contributed by atoms with Gasteiger partial charge < -0.3 is 10.0 Å². The lowest BCUT2D eigenvalue weighted by Crippen LogP contribution is -2.56. The van der Waals surface area contributed by atoms with Crippen LogP contribution in [0.2, 0.25) is 0 Å². The van der Waals surface area contributed by atoms with Gasteiger partial charge in [0.05, 0.1) is 5.92 Å². The summed E-state index contributed by atoms with van der Waals surface area (Å²) in [6.07, 6.45) is 4.16. The molecule has 1 aliphatic carbocycles. The van der Waals surface area contributed by atoms with E-state index in [1.54, 1.807) is 4.90 Å². The van der Waals surface area contributed by atoms with E-state index in [9.17, 15) is 9.59 Å². The van der Waals surface area contributed by atoms with Gasteiger partial charge in [-0.25, -0.2) is 0 Å². The maximum Gasteiger partial charge on any atom is 0.310 e. The van der Waals surface area contributed by atoms with Crippen molar-refractivity contribution < 1.29 is 14.7 Å². The van der Waals surface area contributed by atoms with Crippen LogP contribution < -0.4 is 0 Å². The zero-order valence-electron chi connectivity index (χ0n) is 9.03. The minimum absolute atomic E-state index is 0.164. The molecule has 1 heterocycles. The molecule has 0 unspecified atom stereocenters. The Labute approximate surface area is 89.3 Å². The molecule has 1 amide bonds. The maximum atomic E-state index is 12.1. The summed E-state index contributed by atoms with van der Waals surface area (Å²) in [5.74, 6) is -0.952. The number of carboxylic acids is 1. The number of aliphatic carboxylic acids is 1. The standard InChI is InChI=1S/C11H17NO3/c1-11(4-2-3-5-11)10(15)12-6-8(7-12)9(13)14/h8H,2-7H2,1H3,(H,13,14). The fraction of sp³-hybridized carbons (Fsp3) is 0.818. The summed E-state index contributed by atoms with van der Waals surface area (Å²) in [7, 11) is 0. The highest BCUT2D eigenvalue weighted by Gasteiger charge is 2.44. The number of rotatable bonds is 2. The molecule has 0 spiro atoms. The summed E-state index contributed by atoms with van der Waals surface area (Å²) in [6, 6.07) is 0. The third-order valence-electron chi connectivity index (χ3n) is 3.74. The Morgan fingerprint density at radius 3 is 2.27 bits per heavy atom. The molecule has 0 aromatic heterocycles. The van der Waals surface area contributed by atoms with Crippen LogP contribution in [-0.2, 0) is 9.59 Å². The Bertz CT molecular complexity index is 288. The molecule has 0 atom stereocenters. The number of likely N-dealkylation sites (tertiary alicyclic amines) is 1. The van der Waals surface area contributed by atoms with Gasteiger partial charge in [-0.1, -0.05) is 19.8 Å². The smallest absolute Gasteiger partial charge is 0.310 e. The third kappa shape index (κ3) is 1.73. The normalized spacial score (nSPS) is 25.0. The lowest BCUT2D eigenvalue weighted by molar-refractivity contribution is -0.157. The maximum absolute atomic E-state index is 12.1. The summed E-state index contributed by atoms with van der Waals surface area (Å²) < 4.78 is 0. The van der Waals surface area contributed by atoms with Crippen molar-refractivity contribution in [3.63, 3.8) is 0 Å². The topological polar surface area (TPSA) is 57.6 Å². The van der Waals surface area contributed by atoms with Crippen molar-refractivity contribution >= 4 is 11.9 Å². The molecular formula is C11H17NO3. The predicted molar refractivity (Wildman–Crippen MR) is 54.3 cm³/mol. The van der Waals surface area contributed by atoms with E-state index in [4.69, 9.17) is 5.11 Å². The van der Waals surface area contributed by atoms with Crippen LogP contribution in [0.5, 0.6) is 0 Å². The van der Waals surface area contributed by atoms with Crippen LogP contribution in [0.1, 0.15) is 32.6 Å². The van der Waals surface area contributed by atoms with Gasteiger partial charge in [0.25, 0.3) is 0 Å². The van der Waals surface area contributed by atoms with Crippen LogP contribution in [0, 0.1) is 11.3 Å². The van der Waals surface area contributed by atoms with Crippen molar-refractivity contribution in [2.24, 2.45) is 11.3 Å². The zero-order chi connectivity index (χ0) is 11.1. The first-order valence-electron chi connectivity index (χ1n) is 5.55. The first kappa shape index (κ1) is 10.5. The number of nitrogens with zero attached hydrogens (tertiary/aromatic N) is 1. The number of amides is 1. The number of carbonyl (C=O) groups is 2.